The third-order valence-electron chi connectivity index (χ3n) is 7.76. The highest BCUT2D eigenvalue weighted by Crippen LogP contribution is 2.27. The lowest BCUT2D eigenvalue weighted by Crippen LogP contribution is -2.07. The Labute approximate surface area is 293 Å². The van der Waals surface area contributed by atoms with Gasteiger partial charge in [-0.05, 0) is 96.0 Å². The molecule has 1 atom stereocenters. The van der Waals surface area contributed by atoms with Crippen molar-refractivity contribution >= 4 is 37.6 Å². The van der Waals surface area contributed by atoms with E-state index >= 15 is 0 Å². The summed E-state index contributed by atoms with van der Waals surface area (Å²) in [5.41, 5.74) is 6.08. The van der Waals surface area contributed by atoms with Crippen LogP contribution in [-0.4, -0.2) is 49.6 Å². The highest BCUT2D eigenvalue weighted by molar-refractivity contribution is 9.10. The molecule has 4 aromatic heterocycles. The van der Waals surface area contributed by atoms with Gasteiger partial charge in [-0.15, -0.1) is 0 Å². The Balaban J connectivity index is 0.000000188. The second kappa shape index (κ2) is 15.3. The Morgan fingerprint density at radius 1 is 0.792 bits per heavy atom. The van der Waals surface area contributed by atoms with Crippen molar-refractivity contribution < 1.29 is 18.7 Å². The predicted octanol–water partition coefficient (Wildman–Crippen LogP) is 7.42. The molecule has 0 bridgehead atoms. The number of rotatable bonds is 10. The minimum atomic E-state index is -0.777. The quantitative estimate of drug-likeness (QED) is 0.145. The highest BCUT2D eigenvalue weighted by Gasteiger charge is 2.17. The van der Waals surface area contributed by atoms with Crippen LogP contribution in [0.1, 0.15) is 72.2 Å². The van der Waals surface area contributed by atoms with Crippen molar-refractivity contribution in [1.29, 1.82) is 0 Å². The number of nitrogens with zero attached hydrogens (tertiary/aromatic N) is 8. The molecule has 0 saturated carbocycles. The van der Waals surface area contributed by atoms with E-state index in [9.17, 15) is 18.7 Å². The fourth-order valence-corrected chi connectivity index (χ4v) is 6.48. The number of hydrogen-bond acceptors (Lipinski definition) is 6. The lowest BCUT2D eigenvalue weighted by molar-refractivity contribution is 0.101. The van der Waals surface area contributed by atoms with Crippen LogP contribution in [0.25, 0.3) is 11.4 Å². The van der Waals surface area contributed by atoms with Crippen LogP contribution in [0.2, 0.25) is 0 Å². The molecule has 0 spiro atoms. The molecule has 0 aliphatic heterocycles. The maximum atomic E-state index is 13.5. The number of halogens is 4. The molecule has 0 amide bonds. The monoisotopic (exact) mass is 782 g/mol. The van der Waals surface area contributed by atoms with Crippen LogP contribution in [-0.2, 0) is 25.9 Å². The summed E-state index contributed by atoms with van der Waals surface area (Å²) in [5, 5.41) is 18.6. The van der Waals surface area contributed by atoms with Crippen LogP contribution in [0.5, 0.6) is 0 Å². The van der Waals surface area contributed by atoms with Crippen LogP contribution >= 0.6 is 31.9 Å². The maximum Gasteiger partial charge on any atom is 0.162 e. The number of imidazole rings is 2. The summed E-state index contributed by atoms with van der Waals surface area (Å²) >= 11 is 7.12. The molecule has 1 N–H and O–H groups in total. The first-order valence-corrected chi connectivity index (χ1v) is 16.8. The molecule has 0 aliphatic carbocycles. The maximum absolute atomic E-state index is 13.5. The largest absolute Gasteiger partial charge is 0.389 e. The molecule has 1 unspecified atom stereocenters. The molecule has 0 radical (unpaired) electrons. The van der Waals surface area contributed by atoms with Gasteiger partial charge >= 0.3 is 0 Å². The van der Waals surface area contributed by atoms with E-state index in [-0.39, 0.29) is 11.6 Å². The number of carbonyl (C=O) groups excluding carboxylic acids is 1. The number of benzene rings is 2. The Bertz CT molecular complexity index is 2050. The Hall–Kier alpha value is -4.27. The molecular formula is C34H34Br2F2N8O2. The van der Waals surface area contributed by atoms with Gasteiger partial charge in [-0.2, -0.15) is 10.2 Å². The molecule has 0 fully saturated rings. The van der Waals surface area contributed by atoms with Crippen LogP contribution in [0.3, 0.4) is 0 Å². The summed E-state index contributed by atoms with van der Waals surface area (Å²) in [7, 11) is 0. The van der Waals surface area contributed by atoms with E-state index in [0.29, 0.717) is 29.7 Å². The fraction of sp³-hybridized carbons (Fsp3) is 0.265. The van der Waals surface area contributed by atoms with Gasteiger partial charge in [0.25, 0.3) is 0 Å². The lowest BCUT2D eigenvalue weighted by atomic mass is 10.1. The van der Waals surface area contributed by atoms with Crippen molar-refractivity contribution in [3.63, 3.8) is 0 Å². The summed E-state index contributed by atoms with van der Waals surface area (Å²) in [6, 6.07) is 8.60. The smallest absolute Gasteiger partial charge is 0.162 e. The number of Topliss-reactive ketones (excluding diaryl/α,β-unsaturated/α-hetero) is 1. The van der Waals surface area contributed by atoms with E-state index in [1.54, 1.807) is 44.1 Å². The van der Waals surface area contributed by atoms with Crippen LogP contribution < -0.4 is 0 Å². The van der Waals surface area contributed by atoms with Crippen molar-refractivity contribution in [2.24, 2.45) is 0 Å². The van der Waals surface area contributed by atoms with Crippen molar-refractivity contribution in [1.82, 2.24) is 38.7 Å². The molecule has 6 rings (SSSR count). The molecule has 10 nitrogen and oxygen atoms in total. The number of aliphatic hydroxyl groups excluding tert-OH is 1. The Morgan fingerprint density at radius 2 is 1.27 bits per heavy atom. The van der Waals surface area contributed by atoms with Crippen molar-refractivity contribution in [2.45, 2.75) is 59.7 Å². The molecule has 0 saturated heterocycles. The number of carbonyl (C=O) groups is 1. The molecule has 48 heavy (non-hydrogen) atoms. The third kappa shape index (κ3) is 7.55. The van der Waals surface area contributed by atoms with Gasteiger partial charge in [-0.1, -0.05) is 0 Å². The highest BCUT2D eigenvalue weighted by atomic mass is 79.9. The first-order chi connectivity index (χ1) is 23.0. The average Bonchev–Trinajstić information content (AvgIpc) is 3.87. The zero-order valence-corrected chi connectivity index (χ0v) is 30.0. The average molecular weight is 785 g/mol. The Morgan fingerprint density at radius 3 is 1.73 bits per heavy atom. The van der Waals surface area contributed by atoms with E-state index in [4.69, 9.17) is 0 Å². The van der Waals surface area contributed by atoms with Gasteiger partial charge in [-0.3, -0.25) is 14.2 Å². The lowest BCUT2D eigenvalue weighted by Gasteiger charge is -2.15. The van der Waals surface area contributed by atoms with Crippen molar-refractivity contribution in [2.75, 3.05) is 0 Å². The summed E-state index contributed by atoms with van der Waals surface area (Å²) in [6.45, 7) is 8.65. The van der Waals surface area contributed by atoms with Gasteiger partial charge in [0, 0.05) is 72.0 Å². The van der Waals surface area contributed by atoms with Crippen LogP contribution in [0, 0.1) is 11.6 Å². The molecule has 6 aromatic rings. The fourth-order valence-electron chi connectivity index (χ4n) is 5.31. The summed E-state index contributed by atoms with van der Waals surface area (Å²) in [4.78, 5) is 20.3. The minimum absolute atomic E-state index is 0.191. The third-order valence-corrected chi connectivity index (χ3v) is 9.60. The minimum Gasteiger partial charge on any atom is -0.389 e. The molecular weight excluding hydrogens is 750 g/mol. The first-order valence-electron chi connectivity index (χ1n) is 15.2. The van der Waals surface area contributed by atoms with Crippen LogP contribution in [0.4, 0.5) is 8.78 Å². The summed E-state index contributed by atoms with van der Waals surface area (Å²) < 4.78 is 36.3. The van der Waals surface area contributed by atoms with E-state index < -0.39 is 11.9 Å². The Kier molecular flexibility index (Phi) is 11.2. The molecule has 4 heterocycles. The standard InChI is InChI=1S/C17H18BrFN4O.C17H16BrFN4O/c2*1-3-23-17(18)12(8-21-23)6-14-9-20-10-22(14)16-5-4-13(19)7-15(16)11(2)24/h4-5,7-11,24H,3,6H2,1-2H3;4-5,7-10H,3,6H2,1-2H3. The van der Waals surface area contributed by atoms with E-state index in [1.165, 1.54) is 31.2 Å². The zero-order chi connectivity index (χ0) is 34.5. The van der Waals surface area contributed by atoms with Gasteiger partial charge in [0.2, 0.25) is 0 Å². The number of hydrogen-bond donors (Lipinski definition) is 1. The van der Waals surface area contributed by atoms with Crippen molar-refractivity contribution in [3.05, 3.63) is 128 Å². The molecule has 250 valence electrons. The molecule has 2 aromatic carbocycles. The molecule has 14 heteroatoms. The number of aromatic nitrogens is 8. The van der Waals surface area contributed by atoms with Crippen LogP contribution in [0.15, 0.2) is 83.0 Å². The predicted molar refractivity (Wildman–Crippen MR) is 184 cm³/mol. The van der Waals surface area contributed by atoms with E-state index in [0.717, 1.165) is 50.5 Å². The van der Waals surface area contributed by atoms with Gasteiger partial charge in [0.1, 0.15) is 20.8 Å². The van der Waals surface area contributed by atoms with Gasteiger partial charge in [0.05, 0.1) is 42.5 Å². The second-order valence-electron chi connectivity index (χ2n) is 11.0. The summed E-state index contributed by atoms with van der Waals surface area (Å²) in [6.07, 6.45) is 10.9. The summed E-state index contributed by atoms with van der Waals surface area (Å²) in [5.74, 6) is -0.995. The normalized spacial score (nSPS) is 11.8. The number of aliphatic hydroxyl groups is 1. The van der Waals surface area contributed by atoms with Gasteiger partial charge in [0.15, 0.2) is 5.78 Å². The number of aryl methyl sites for hydroxylation is 2. The number of ketones is 1. The molecule has 0 aliphatic rings. The second-order valence-corrected chi connectivity index (χ2v) is 12.5. The SMILES string of the molecule is CCn1ncc(Cc2cncn2-c2ccc(F)cc2C(C)=O)c1Br.CCn1ncc(Cc2cncn2-c2ccc(F)cc2C(C)O)c1Br. The van der Waals surface area contributed by atoms with Gasteiger partial charge in [-0.25, -0.2) is 18.7 Å². The topological polar surface area (TPSA) is 109 Å². The van der Waals surface area contributed by atoms with Gasteiger partial charge < -0.3 is 14.2 Å². The van der Waals surface area contributed by atoms with E-state index in [2.05, 4.69) is 52.0 Å². The van der Waals surface area contributed by atoms with E-state index in [1.807, 2.05) is 44.7 Å². The zero-order valence-electron chi connectivity index (χ0n) is 26.8. The van der Waals surface area contributed by atoms with Crippen molar-refractivity contribution in [3.8, 4) is 11.4 Å². The first kappa shape index (κ1) is 35.0.